The number of aromatic nitrogens is 2. The molecule has 0 aliphatic carbocycles. The maximum Gasteiger partial charge on any atom is 0.185 e. The first-order valence-electron chi connectivity index (χ1n) is 7.49. The molecule has 5 heteroatoms. The van der Waals surface area contributed by atoms with Crippen molar-refractivity contribution in [3.63, 3.8) is 0 Å². The van der Waals surface area contributed by atoms with E-state index in [0.717, 1.165) is 35.2 Å². The Bertz CT molecular complexity index is 794. The Labute approximate surface area is 134 Å². The summed E-state index contributed by atoms with van der Waals surface area (Å²) >= 11 is 0. The van der Waals surface area contributed by atoms with E-state index in [1.54, 1.807) is 7.11 Å². The maximum atomic E-state index is 11.2. The van der Waals surface area contributed by atoms with Crippen molar-refractivity contribution in [3.8, 4) is 11.5 Å². The molecule has 118 valence electrons. The average Bonchev–Trinajstić information content (AvgIpc) is 2.97. The topological polar surface area (TPSA) is 53.4 Å². The number of benzene rings is 2. The van der Waals surface area contributed by atoms with Gasteiger partial charge in [-0.25, -0.2) is 4.98 Å². The van der Waals surface area contributed by atoms with E-state index in [2.05, 4.69) is 4.98 Å². The highest BCUT2D eigenvalue weighted by Gasteiger charge is 2.08. The molecule has 0 aliphatic heterocycles. The van der Waals surface area contributed by atoms with Gasteiger partial charge in [0.1, 0.15) is 11.5 Å². The van der Waals surface area contributed by atoms with Crippen LogP contribution in [0.15, 0.2) is 48.5 Å². The molecule has 0 fully saturated rings. The van der Waals surface area contributed by atoms with Gasteiger partial charge >= 0.3 is 0 Å². The van der Waals surface area contributed by atoms with E-state index in [-0.39, 0.29) is 0 Å². The summed E-state index contributed by atoms with van der Waals surface area (Å²) in [5.74, 6) is 2.06. The quantitative estimate of drug-likeness (QED) is 0.496. The number of hydrogen-bond donors (Lipinski definition) is 0. The first kappa shape index (κ1) is 15.1. The Hall–Kier alpha value is -2.82. The van der Waals surface area contributed by atoms with Crippen LogP contribution in [0.25, 0.3) is 11.0 Å². The molecule has 0 saturated heterocycles. The molecule has 0 N–H and O–H groups in total. The van der Waals surface area contributed by atoms with Crippen molar-refractivity contribution in [1.82, 2.24) is 9.55 Å². The standard InChI is InChI=1S/C18H18N2O3/c1-22-14-7-9-15(10-8-14)23-12-4-11-20-17-6-3-2-5-16(17)19-18(20)13-21/h2-3,5-10,13H,4,11-12H2,1H3. The van der Waals surface area contributed by atoms with E-state index >= 15 is 0 Å². The molecule has 23 heavy (non-hydrogen) atoms. The van der Waals surface area contributed by atoms with Crippen LogP contribution in [0.3, 0.4) is 0 Å². The van der Waals surface area contributed by atoms with E-state index in [1.165, 1.54) is 0 Å². The van der Waals surface area contributed by atoms with Gasteiger partial charge in [0.05, 0.1) is 24.8 Å². The van der Waals surface area contributed by atoms with Gasteiger partial charge in [-0.05, 0) is 42.8 Å². The molecule has 0 aliphatic rings. The molecule has 3 aromatic rings. The largest absolute Gasteiger partial charge is 0.497 e. The summed E-state index contributed by atoms with van der Waals surface area (Å²) in [6.07, 6.45) is 1.58. The number of rotatable bonds is 7. The fourth-order valence-electron chi connectivity index (χ4n) is 2.50. The molecule has 0 saturated carbocycles. The van der Waals surface area contributed by atoms with Crippen LogP contribution in [0.1, 0.15) is 17.0 Å². The lowest BCUT2D eigenvalue weighted by Gasteiger charge is -2.09. The van der Waals surface area contributed by atoms with Crippen molar-refractivity contribution in [3.05, 3.63) is 54.4 Å². The molecule has 0 bridgehead atoms. The van der Waals surface area contributed by atoms with Crippen molar-refractivity contribution >= 4 is 17.3 Å². The van der Waals surface area contributed by atoms with Crippen LogP contribution in [-0.2, 0) is 6.54 Å². The number of ether oxygens (including phenoxy) is 2. The fraction of sp³-hybridized carbons (Fsp3) is 0.222. The summed E-state index contributed by atoms with van der Waals surface area (Å²) in [6, 6.07) is 15.2. The zero-order valence-electron chi connectivity index (χ0n) is 12.9. The summed E-state index contributed by atoms with van der Waals surface area (Å²) in [5, 5.41) is 0. The van der Waals surface area contributed by atoms with E-state index in [0.29, 0.717) is 19.0 Å². The highest BCUT2D eigenvalue weighted by molar-refractivity contribution is 5.82. The van der Waals surface area contributed by atoms with Crippen LogP contribution in [-0.4, -0.2) is 29.6 Å². The lowest BCUT2D eigenvalue weighted by Crippen LogP contribution is -2.07. The van der Waals surface area contributed by atoms with Crippen molar-refractivity contribution in [2.45, 2.75) is 13.0 Å². The number of aldehydes is 1. The monoisotopic (exact) mass is 310 g/mol. The summed E-state index contributed by atoms with van der Waals surface area (Å²) in [5.41, 5.74) is 1.81. The second-order valence-corrected chi connectivity index (χ2v) is 5.11. The third kappa shape index (κ3) is 3.34. The Kier molecular flexibility index (Phi) is 4.57. The molecule has 5 nitrogen and oxygen atoms in total. The van der Waals surface area contributed by atoms with Gasteiger partial charge in [0.2, 0.25) is 0 Å². The highest BCUT2D eigenvalue weighted by Crippen LogP contribution is 2.18. The van der Waals surface area contributed by atoms with E-state index in [9.17, 15) is 4.79 Å². The first-order valence-corrected chi connectivity index (χ1v) is 7.49. The van der Waals surface area contributed by atoms with Gasteiger partial charge < -0.3 is 14.0 Å². The Morgan fingerprint density at radius 1 is 1.09 bits per heavy atom. The minimum absolute atomic E-state index is 0.454. The molecule has 0 spiro atoms. The first-order chi connectivity index (χ1) is 11.3. The van der Waals surface area contributed by atoms with Gasteiger partial charge in [0, 0.05) is 6.54 Å². The minimum atomic E-state index is 0.454. The summed E-state index contributed by atoms with van der Waals surface area (Å²) in [6.45, 7) is 1.25. The molecular formula is C18H18N2O3. The van der Waals surface area contributed by atoms with Crippen molar-refractivity contribution < 1.29 is 14.3 Å². The predicted molar refractivity (Wildman–Crippen MR) is 88.2 cm³/mol. The molecule has 2 aromatic carbocycles. The van der Waals surface area contributed by atoms with Crippen LogP contribution in [0.5, 0.6) is 11.5 Å². The van der Waals surface area contributed by atoms with E-state index in [4.69, 9.17) is 9.47 Å². The van der Waals surface area contributed by atoms with Gasteiger partial charge in [0.25, 0.3) is 0 Å². The fourth-order valence-corrected chi connectivity index (χ4v) is 2.50. The molecular weight excluding hydrogens is 292 g/mol. The lowest BCUT2D eigenvalue weighted by molar-refractivity contribution is 0.111. The molecule has 1 heterocycles. The number of methoxy groups -OCH3 is 1. The number of aryl methyl sites for hydroxylation is 1. The SMILES string of the molecule is COc1ccc(OCCCn2c(C=O)nc3ccccc32)cc1. The summed E-state index contributed by atoms with van der Waals surface area (Å²) < 4.78 is 12.8. The van der Waals surface area contributed by atoms with Crippen LogP contribution >= 0.6 is 0 Å². The van der Waals surface area contributed by atoms with Gasteiger partial charge in [-0.3, -0.25) is 4.79 Å². The minimum Gasteiger partial charge on any atom is -0.497 e. The second-order valence-electron chi connectivity index (χ2n) is 5.11. The highest BCUT2D eigenvalue weighted by atomic mass is 16.5. The smallest absolute Gasteiger partial charge is 0.185 e. The number of carbonyl (C=O) groups is 1. The van der Waals surface area contributed by atoms with Crippen LogP contribution in [0, 0.1) is 0 Å². The number of fused-ring (bicyclic) bond motifs is 1. The van der Waals surface area contributed by atoms with Crippen LogP contribution in [0.2, 0.25) is 0 Å². The van der Waals surface area contributed by atoms with Crippen LogP contribution in [0.4, 0.5) is 0 Å². The Morgan fingerprint density at radius 3 is 2.57 bits per heavy atom. The number of carbonyl (C=O) groups excluding carboxylic acids is 1. The van der Waals surface area contributed by atoms with Crippen molar-refractivity contribution in [2.75, 3.05) is 13.7 Å². The van der Waals surface area contributed by atoms with Crippen molar-refractivity contribution in [1.29, 1.82) is 0 Å². The molecule has 0 amide bonds. The number of nitrogens with zero attached hydrogens (tertiary/aromatic N) is 2. The predicted octanol–water partition coefficient (Wildman–Crippen LogP) is 3.33. The summed E-state index contributed by atoms with van der Waals surface area (Å²) in [7, 11) is 1.63. The summed E-state index contributed by atoms with van der Waals surface area (Å²) in [4.78, 5) is 15.5. The number of hydrogen-bond acceptors (Lipinski definition) is 4. The molecule has 0 atom stereocenters. The maximum absolute atomic E-state index is 11.2. The molecule has 1 aromatic heterocycles. The second kappa shape index (κ2) is 6.96. The average molecular weight is 310 g/mol. The van der Waals surface area contributed by atoms with Crippen molar-refractivity contribution in [2.24, 2.45) is 0 Å². The molecule has 0 unspecified atom stereocenters. The third-order valence-electron chi connectivity index (χ3n) is 3.64. The number of para-hydroxylation sites is 2. The van der Waals surface area contributed by atoms with Gasteiger partial charge in [0.15, 0.2) is 12.1 Å². The Morgan fingerprint density at radius 2 is 1.83 bits per heavy atom. The van der Waals surface area contributed by atoms with Gasteiger partial charge in [-0.15, -0.1) is 0 Å². The lowest BCUT2D eigenvalue weighted by atomic mass is 10.3. The molecule has 3 rings (SSSR count). The van der Waals surface area contributed by atoms with Gasteiger partial charge in [-0.1, -0.05) is 12.1 Å². The normalized spacial score (nSPS) is 10.7. The zero-order valence-corrected chi connectivity index (χ0v) is 12.9. The third-order valence-corrected chi connectivity index (χ3v) is 3.64. The molecule has 0 radical (unpaired) electrons. The number of imidazole rings is 1. The van der Waals surface area contributed by atoms with E-state index < -0.39 is 0 Å². The van der Waals surface area contributed by atoms with E-state index in [1.807, 2.05) is 53.1 Å². The zero-order chi connectivity index (χ0) is 16.1. The van der Waals surface area contributed by atoms with Gasteiger partial charge in [-0.2, -0.15) is 0 Å². The van der Waals surface area contributed by atoms with Crippen LogP contribution < -0.4 is 9.47 Å². The Balaban J connectivity index is 1.61.